The summed E-state index contributed by atoms with van der Waals surface area (Å²) in [6.07, 6.45) is 2.59. The number of allylic oxidation sites excluding steroid dienone is 1. The third kappa shape index (κ3) is 5.55. The Bertz CT molecular complexity index is 840. The maximum atomic E-state index is 12.6. The van der Waals surface area contributed by atoms with Crippen LogP contribution in [0.4, 0.5) is 0 Å². The van der Waals surface area contributed by atoms with E-state index in [1.165, 1.54) is 17.7 Å². The molecule has 0 radical (unpaired) electrons. The number of nitriles is 1. The van der Waals surface area contributed by atoms with Crippen LogP contribution in [0.25, 0.3) is 0 Å². The van der Waals surface area contributed by atoms with Gasteiger partial charge in [0.2, 0.25) is 0 Å². The second kappa shape index (κ2) is 9.55. The molecule has 0 fully saturated rings. The van der Waals surface area contributed by atoms with Crippen LogP contribution in [-0.2, 0) is 16.3 Å². The number of hydrogen-bond donors (Lipinski definition) is 0. The lowest BCUT2D eigenvalue weighted by Gasteiger charge is -2.12. The molecule has 0 aliphatic heterocycles. The first-order chi connectivity index (χ1) is 12.1. The van der Waals surface area contributed by atoms with Gasteiger partial charge in [0.05, 0.1) is 11.0 Å². The van der Waals surface area contributed by atoms with Crippen LogP contribution in [0.1, 0.15) is 24.8 Å². The van der Waals surface area contributed by atoms with E-state index < -0.39 is 15.1 Å². The van der Waals surface area contributed by atoms with Gasteiger partial charge < -0.3 is 0 Å². The first-order valence-corrected chi connectivity index (χ1v) is 10.5. The highest BCUT2D eigenvalue weighted by Crippen LogP contribution is 2.23. The van der Waals surface area contributed by atoms with Gasteiger partial charge in [-0.25, -0.2) is 8.42 Å². The van der Waals surface area contributed by atoms with E-state index in [-0.39, 0.29) is 4.90 Å². The highest BCUT2D eigenvalue weighted by Gasteiger charge is 2.27. The maximum absolute atomic E-state index is 12.6. The molecule has 3 nitrogen and oxygen atoms in total. The Morgan fingerprint density at radius 3 is 2.20 bits per heavy atom. The van der Waals surface area contributed by atoms with E-state index >= 15 is 0 Å². The lowest BCUT2D eigenvalue weighted by molar-refractivity contribution is 0.584. The van der Waals surface area contributed by atoms with E-state index in [1.807, 2.05) is 29.3 Å². The fourth-order valence-corrected chi connectivity index (χ4v) is 4.45. The molecule has 130 valence electrons. The zero-order valence-corrected chi connectivity index (χ0v) is 16.2. The summed E-state index contributed by atoms with van der Waals surface area (Å²) < 4.78 is 25.2. The molecule has 2 rings (SSSR count). The molecule has 0 aliphatic rings. The molecule has 25 heavy (non-hydrogen) atoms. The molecule has 2 aromatic rings. The quantitative estimate of drug-likeness (QED) is 0.603. The Morgan fingerprint density at radius 1 is 1.04 bits per heavy atom. The highest BCUT2D eigenvalue weighted by molar-refractivity contribution is 9.11. The van der Waals surface area contributed by atoms with Gasteiger partial charge in [-0.05, 0) is 48.4 Å². The normalized spacial score (nSPS) is 13.2. The molecule has 0 bridgehead atoms. The number of hydrogen-bond acceptors (Lipinski definition) is 3. The summed E-state index contributed by atoms with van der Waals surface area (Å²) in [6.45, 7) is 0. The summed E-state index contributed by atoms with van der Waals surface area (Å²) in [4.78, 5) is 2.05. The predicted molar refractivity (Wildman–Crippen MR) is 104 cm³/mol. The van der Waals surface area contributed by atoms with Gasteiger partial charge in [-0.2, -0.15) is 5.26 Å². The van der Waals surface area contributed by atoms with Crippen LogP contribution in [0.2, 0.25) is 0 Å². The molecule has 0 spiro atoms. The van der Waals surface area contributed by atoms with Crippen molar-refractivity contribution in [2.75, 3.05) is 0 Å². The molecule has 0 aliphatic carbocycles. The van der Waals surface area contributed by atoms with Gasteiger partial charge in [0.15, 0.2) is 15.1 Å². The van der Waals surface area contributed by atoms with E-state index in [4.69, 9.17) is 0 Å². The minimum atomic E-state index is -3.63. The van der Waals surface area contributed by atoms with Crippen molar-refractivity contribution < 1.29 is 8.42 Å². The van der Waals surface area contributed by atoms with E-state index in [9.17, 15) is 13.7 Å². The van der Waals surface area contributed by atoms with Crippen molar-refractivity contribution in [3.05, 3.63) is 76.8 Å². The van der Waals surface area contributed by atoms with Crippen LogP contribution in [0.3, 0.4) is 0 Å². The minimum absolute atomic E-state index is 0.204. The molecular formula is C20H20BrNO2S. The molecular weight excluding hydrogens is 398 g/mol. The molecule has 1 unspecified atom stereocenters. The zero-order chi connectivity index (χ0) is 18.1. The third-order valence-electron chi connectivity index (χ3n) is 4.05. The van der Waals surface area contributed by atoms with Gasteiger partial charge in [0.25, 0.3) is 0 Å². The van der Waals surface area contributed by atoms with Crippen LogP contribution < -0.4 is 0 Å². The van der Waals surface area contributed by atoms with Gasteiger partial charge in [0.1, 0.15) is 0 Å². The number of sulfone groups is 1. The molecule has 0 saturated heterocycles. The number of halogens is 1. The van der Waals surface area contributed by atoms with E-state index in [0.29, 0.717) is 12.8 Å². The van der Waals surface area contributed by atoms with Gasteiger partial charge in [-0.15, -0.1) is 0 Å². The number of aryl methyl sites for hydroxylation is 1. The van der Waals surface area contributed by atoms with Crippen molar-refractivity contribution in [1.82, 2.24) is 0 Å². The molecule has 0 heterocycles. The van der Waals surface area contributed by atoms with E-state index in [2.05, 4.69) is 28.1 Å². The van der Waals surface area contributed by atoms with Crippen LogP contribution in [0, 0.1) is 11.3 Å². The SMILES string of the molecule is N#CC(CC/C(=C\Br)CCc1ccccc1)S(=O)(=O)c1ccccc1. The average Bonchev–Trinajstić information content (AvgIpc) is 2.66. The maximum Gasteiger partial charge on any atom is 0.194 e. The van der Waals surface area contributed by atoms with Gasteiger partial charge >= 0.3 is 0 Å². The number of rotatable bonds is 8. The van der Waals surface area contributed by atoms with Gasteiger partial charge in [-0.1, -0.05) is 70.0 Å². The molecule has 2 aromatic carbocycles. The van der Waals surface area contributed by atoms with Crippen molar-refractivity contribution >= 4 is 25.8 Å². The Kier molecular flexibility index (Phi) is 7.42. The topological polar surface area (TPSA) is 57.9 Å². The molecule has 0 N–H and O–H groups in total. The van der Waals surface area contributed by atoms with Crippen molar-refractivity contribution in [2.45, 2.75) is 35.8 Å². The van der Waals surface area contributed by atoms with Crippen molar-refractivity contribution in [1.29, 1.82) is 5.26 Å². The fraction of sp³-hybridized carbons (Fsp3) is 0.250. The summed E-state index contributed by atoms with van der Waals surface area (Å²) in [6, 6.07) is 20.3. The standard InChI is InChI=1S/C20H20BrNO2S/c21-15-18(12-11-17-7-3-1-4-8-17)13-14-20(16-22)25(23,24)19-9-5-2-6-10-19/h1-10,15,20H,11-14H2/b18-15-. The van der Waals surface area contributed by atoms with E-state index in [1.54, 1.807) is 18.2 Å². The third-order valence-corrected chi connectivity index (χ3v) is 6.72. The number of nitrogens with zero attached hydrogens (tertiary/aromatic N) is 1. The lowest BCUT2D eigenvalue weighted by atomic mass is 10.0. The summed E-state index contributed by atoms with van der Waals surface area (Å²) >= 11 is 3.36. The van der Waals surface area contributed by atoms with E-state index in [0.717, 1.165) is 18.4 Å². The zero-order valence-electron chi connectivity index (χ0n) is 13.8. The monoisotopic (exact) mass is 417 g/mol. The summed E-state index contributed by atoms with van der Waals surface area (Å²) in [5.41, 5.74) is 2.34. The summed E-state index contributed by atoms with van der Waals surface area (Å²) in [7, 11) is -3.63. The Balaban J connectivity index is 1.98. The molecule has 0 aromatic heterocycles. The largest absolute Gasteiger partial charge is 0.222 e. The first kappa shape index (κ1) is 19.4. The summed E-state index contributed by atoms with van der Waals surface area (Å²) in [5, 5.41) is 8.32. The number of benzene rings is 2. The lowest BCUT2D eigenvalue weighted by Crippen LogP contribution is -2.20. The summed E-state index contributed by atoms with van der Waals surface area (Å²) in [5.74, 6) is 0. The van der Waals surface area contributed by atoms with Crippen LogP contribution in [0.15, 0.2) is 76.1 Å². The van der Waals surface area contributed by atoms with Crippen LogP contribution in [0.5, 0.6) is 0 Å². The predicted octanol–water partition coefficient (Wildman–Crippen LogP) is 5.04. The smallest absolute Gasteiger partial charge is 0.194 e. The van der Waals surface area contributed by atoms with Crippen molar-refractivity contribution in [2.24, 2.45) is 0 Å². The van der Waals surface area contributed by atoms with Crippen LogP contribution in [-0.4, -0.2) is 13.7 Å². The van der Waals surface area contributed by atoms with Gasteiger partial charge in [0, 0.05) is 0 Å². The first-order valence-electron chi connectivity index (χ1n) is 8.08. The van der Waals surface area contributed by atoms with Crippen molar-refractivity contribution in [3.63, 3.8) is 0 Å². The average molecular weight is 418 g/mol. The van der Waals surface area contributed by atoms with Crippen molar-refractivity contribution in [3.8, 4) is 6.07 Å². The highest BCUT2D eigenvalue weighted by atomic mass is 79.9. The van der Waals surface area contributed by atoms with Crippen LogP contribution >= 0.6 is 15.9 Å². The molecule has 5 heteroatoms. The second-order valence-corrected chi connectivity index (χ2v) is 8.36. The fourth-order valence-electron chi connectivity index (χ4n) is 2.56. The molecule has 0 amide bonds. The second-order valence-electron chi connectivity index (χ2n) is 5.77. The Hall–Kier alpha value is -1.90. The Morgan fingerprint density at radius 2 is 1.64 bits per heavy atom. The minimum Gasteiger partial charge on any atom is -0.222 e. The van der Waals surface area contributed by atoms with Gasteiger partial charge in [-0.3, -0.25) is 0 Å². The Labute approximate surface area is 158 Å². The molecule has 1 atom stereocenters. The molecule has 0 saturated carbocycles.